The number of carboxylic acid groups (broad SMARTS) is 1. The van der Waals surface area contributed by atoms with E-state index in [0.717, 1.165) is 5.56 Å². The largest absolute Gasteiger partial charge is 0.481 e. The van der Waals surface area contributed by atoms with E-state index in [0.29, 0.717) is 36.3 Å². The third-order valence-corrected chi connectivity index (χ3v) is 4.94. The zero-order valence-electron chi connectivity index (χ0n) is 15.6. The third kappa shape index (κ3) is 4.88. The van der Waals surface area contributed by atoms with E-state index in [4.69, 9.17) is 5.11 Å². The molecule has 2 aromatic carbocycles. The molecule has 28 heavy (non-hydrogen) atoms. The first-order chi connectivity index (χ1) is 13.4. The van der Waals surface area contributed by atoms with Gasteiger partial charge in [0.1, 0.15) is 0 Å². The molecule has 3 amide bonds. The Balaban J connectivity index is 1.62. The summed E-state index contributed by atoms with van der Waals surface area (Å²) >= 11 is 0. The van der Waals surface area contributed by atoms with Crippen molar-refractivity contribution in [3.8, 4) is 0 Å². The highest BCUT2D eigenvalue weighted by atomic mass is 16.4. The highest BCUT2D eigenvalue weighted by Crippen LogP contribution is 2.32. The molecule has 0 radical (unpaired) electrons. The molecule has 0 spiro atoms. The van der Waals surface area contributed by atoms with E-state index in [9.17, 15) is 14.4 Å². The van der Waals surface area contributed by atoms with Gasteiger partial charge in [0.2, 0.25) is 5.91 Å². The number of nitrogens with one attached hydrogen (secondary N) is 3. The maximum absolute atomic E-state index is 12.5. The number of hydrogen-bond donors (Lipinski definition) is 4. The summed E-state index contributed by atoms with van der Waals surface area (Å²) in [7, 11) is 0. The van der Waals surface area contributed by atoms with Gasteiger partial charge in [-0.3, -0.25) is 9.59 Å². The van der Waals surface area contributed by atoms with Crippen LogP contribution in [0.1, 0.15) is 24.8 Å². The smallest absolute Gasteiger partial charge is 0.323 e. The highest BCUT2D eigenvalue weighted by Gasteiger charge is 2.33. The Kier molecular flexibility index (Phi) is 5.93. The number of anilines is 3. The van der Waals surface area contributed by atoms with E-state index in [1.54, 1.807) is 24.3 Å². The van der Waals surface area contributed by atoms with Crippen molar-refractivity contribution in [1.29, 1.82) is 0 Å². The van der Waals surface area contributed by atoms with Crippen molar-refractivity contribution in [3.05, 3.63) is 54.1 Å². The minimum atomic E-state index is -0.845. The highest BCUT2D eigenvalue weighted by molar-refractivity contribution is 6.01. The second kappa shape index (κ2) is 8.56. The fourth-order valence-corrected chi connectivity index (χ4v) is 3.33. The van der Waals surface area contributed by atoms with Gasteiger partial charge in [0.25, 0.3) is 0 Å². The van der Waals surface area contributed by atoms with Gasteiger partial charge in [0.05, 0.1) is 5.92 Å². The summed E-state index contributed by atoms with van der Waals surface area (Å²) in [6.07, 6.45) is 1.45. The van der Waals surface area contributed by atoms with Gasteiger partial charge in [-0.2, -0.15) is 0 Å². The molecule has 1 saturated carbocycles. The molecule has 7 nitrogen and oxygen atoms in total. The Morgan fingerprint density at radius 1 is 0.893 bits per heavy atom. The zero-order chi connectivity index (χ0) is 20.1. The molecule has 0 aromatic heterocycles. The number of benzene rings is 2. The van der Waals surface area contributed by atoms with Crippen molar-refractivity contribution in [2.24, 2.45) is 11.8 Å². The van der Waals surface area contributed by atoms with Gasteiger partial charge in [-0.15, -0.1) is 0 Å². The molecular weight excluding hydrogens is 358 g/mol. The molecule has 0 heterocycles. The van der Waals surface area contributed by atoms with Crippen LogP contribution in [-0.2, 0) is 9.59 Å². The van der Waals surface area contributed by atoms with Crippen LogP contribution in [-0.4, -0.2) is 23.0 Å². The Morgan fingerprint density at radius 3 is 2.25 bits per heavy atom. The quantitative estimate of drug-likeness (QED) is 0.626. The van der Waals surface area contributed by atoms with E-state index in [-0.39, 0.29) is 17.9 Å². The van der Waals surface area contributed by atoms with Crippen LogP contribution in [0.3, 0.4) is 0 Å². The van der Waals surface area contributed by atoms with Crippen molar-refractivity contribution in [2.75, 3.05) is 16.0 Å². The summed E-state index contributed by atoms with van der Waals surface area (Å²) in [5, 5.41) is 17.4. The summed E-state index contributed by atoms with van der Waals surface area (Å²) < 4.78 is 0. The van der Waals surface area contributed by atoms with Crippen molar-refractivity contribution in [2.45, 2.75) is 26.2 Å². The molecule has 1 fully saturated rings. The van der Waals surface area contributed by atoms with Crippen LogP contribution in [0.2, 0.25) is 0 Å². The summed E-state index contributed by atoms with van der Waals surface area (Å²) in [6, 6.07) is 14.0. The number of amides is 3. The van der Waals surface area contributed by atoms with Crippen LogP contribution in [0.5, 0.6) is 0 Å². The van der Waals surface area contributed by atoms with Crippen molar-refractivity contribution in [1.82, 2.24) is 0 Å². The number of hydrogen-bond acceptors (Lipinski definition) is 3. The molecule has 1 aliphatic carbocycles. The minimum absolute atomic E-state index is 0.183. The van der Waals surface area contributed by atoms with Gasteiger partial charge in [0.15, 0.2) is 0 Å². The average molecular weight is 381 g/mol. The van der Waals surface area contributed by atoms with Gasteiger partial charge in [-0.05, 0) is 56.0 Å². The lowest BCUT2D eigenvalue weighted by Crippen LogP contribution is -2.23. The molecule has 1 aliphatic rings. The molecule has 0 aliphatic heterocycles. The maximum atomic E-state index is 12.5. The molecule has 3 rings (SSSR count). The minimum Gasteiger partial charge on any atom is -0.481 e. The Bertz CT molecular complexity index is 882. The number of aryl methyl sites for hydroxylation is 1. The number of carboxylic acids is 1. The lowest BCUT2D eigenvalue weighted by Gasteiger charge is -2.15. The van der Waals surface area contributed by atoms with E-state index < -0.39 is 11.9 Å². The standard InChI is InChI=1S/C21H23N3O4/c1-13-7-10-17(23-21(28)22-16-5-3-2-4-6-16)12-18(13)24-19(25)14-8-9-15(11-14)20(26)27/h2-7,10,12,14-15H,8-9,11H2,1H3,(H,24,25)(H,26,27)(H2,22,23,28)/t14-,15+/m1/s1. The van der Waals surface area contributed by atoms with E-state index in [1.807, 2.05) is 31.2 Å². The molecule has 146 valence electrons. The summed E-state index contributed by atoms with van der Waals surface area (Å²) in [4.78, 5) is 35.7. The zero-order valence-corrected chi connectivity index (χ0v) is 15.6. The van der Waals surface area contributed by atoms with Crippen molar-refractivity contribution >= 4 is 35.0 Å². The van der Waals surface area contributed by atoms with Crippen molar-refractivity contribution < 1.29 is 19.5 Å². The average Bonchev–Trinajstić information content (AvgIpc) is 3.16. The van der Waals surface area contributed by atoms with Gasteiger partial charge in [0, 0.05) is 23.0 Å². The monoisotopic (exact) mass is 381 g/mol. The van der Waals surface area contributed by atoms with Gasteiger partial charge >= 0.3 is 12.0 Å². The number of para-hydroxylation sites is 1. The van der Waals surface area contributed by atoms with E-state index in [2.05, 4.69) is 16.0 Å². The van der Waals surface area contributed by atoms with Gasteiger partial charge in [-0.25, -0.2) is 4.79 Å². The van der Waals surface area contributed by atoms with Gasteiger partial charge < -0.3 is 21.1 Å². The maximum Gasteiger partial charge on any atom is 0.323 e. The lowest BCUT2D eigenvalue weighted by molar-refractivity contribution is -0.141. The molecule has 0 bridgehead atoms. The first-order valence-electron chi connectivity index (χ1n) is 9.20. The summed E-state index contributed by atoms with van der Waals surface area (Å²) in [5.74, 6) is -1.79. The molecule has 0 saturated heterocycles. The number of carbonyl (C=O) groups is 3. The Morgan fingerprint density at radius 2 is 1.57 bits per heavy atom. The molecule has 2 atom stereocenters. The van der Waals surface area contributed by atoms with Gasteiger partial charge in [-0.1, -0.05) is 24.3 Å². The second-order valence-electron chi connectivity index (χ2n) is 7.01. The summed E-state index contributed by atoms with van der Waals surface area (Å²) in [6.45, 7) is 1.86. The number of rotatable bonds is 5. The molecular formula is C21H23N3O4. The predicted molar refractivity (Wildman–Crippen MR) is 107 cm³/mol. The first-order valence-corrected chi connectivity index (χ1v) is 9.20. The van der Waals surface area contributed by atoms with E-state index >= 15 is 0 Å². The van der Waals surface area contributed by atoms with Crippen LogP contribution in [0.25, 0.3) is 0 Å². The molecule has 0 unspecified atom stereocenters. The third-order valence-electron chi connectivity index (χ3n) is 4.94. The van der Waals surface area contributed by atoms with Crippen molar-refractivity contribution in [3.63, 3.8) is 0 Å². The fraction of sp³-hybridized carbons (Fsp3) is 0.286. The normalized spacial score (nSPS) is 18.3. The van der Waals surface area contributed by atoms with Crippen LogP contribution in [0, 0.1) is 18.8 Å². The Hall–Kier alpha value is -3.35. The lowest BCUT2D eigenvalue weighted by atomic mass is 10.0. The topological polar surface area (TPSA) is 108 Å². The van der Waals surface area contributed by atoms with E-state index in [1.165, 1.54) is 0 Å². The Labute approximate surface area is 163 Å². The first kappa shape index (κ1) is 19.4. The molecule has 2 aromatic rings. The van der Waals surface area contributed by atoms with Crippen LogP contribution < -0.4 is 16.0 Å². The fourth-order valence-electron chi connectivity index (χ4n) is 3.33. The van der Waals surface area contributed by atoms with Crippen LogP contribution >= 0.6 is 0 Å². The number of urea groups is 1. The number of carbonyl (C=O) groups excluding carboxylic acids is 2. The SMILES string of the molecule is Cc1ccc(NC(=O)Nc2ccccc2)cc1NC(=O)[C@@H]1CC[C@H](C(=O)O)C1. The molecule has 4 N–H and O–H groups in total. The molecule has 7 heteroatoms. The van der Waals surface area contributed by atoms with Crippen LogP contribution in [0.15, 0.2) is 48.5 Å². The predicted octanol–water partition coefficient (Wildman–Crippen LogP) is 4.08. The second-order valence-corrected chi connectivity index (χ2v) is 7.01. The van der Waals surface area contributed by atoms with Crippen LogP contribution in [0.4, 0.5) is 21.9 Å². The summed E-state index contributed by atoms with van der Waals surface area (Å²) in [5.41, 5.74) is 2.68. The number of aliphatic carboxylic acids is 1.